The van der Waals surface area contributed by atoms with E-state index in [4.69, 9.17) is 27.7 Å². The molecule has 11 rings (SSSR count). The van der Waals surface area contributed by atoms with E-state index in [1.807, 2.05) is 0 Å². The van der Waals surface area contributed by atoms with Gasteiger partial charge < -0.3 is 4.42 Å². The van der Waals surface area contributed by atoms with Crippen molar-refractivity contribution >= 4 is 75.8 Å². The SMILES string of the molecule is [2H]c1c(-c2c([2H])c([2H])c3c([2H])c(-c4c5c([2H])c([2H])c([2H])c([2H])c5c(-c5c([2H])c([2H])c6c([2H])c([2H])c([2H])c([2H])c6c5[2H])c5c([2H])c([2H])c([2H])c([2H])c45)c([2H])c([2H])c3c2[2H])cc2c(oc3c([2H])c([2H])c4c([2H])c([2H])c([2H])c([2H])c4c32)c1[2H]. The maximum absolute atomic E-state index is 9.83. The third-order valence-corrected chi connectivity index (χ3v) is 8.55. The van der Waals surface area contributed by atoms with E-state index in [0.717, 1.165) is 6.07 Å². The van der Waals surface area contributed by atoms with E-state index in [-0.39, 0.29) is 21.5 Å². The predicted octanol–water partition coefficient (Wildman–Crippen LogP) is 14.4. The molecule has 1 nitrogen and oxygen atoms in total. The predicted molar refractivity (Wildman–Crippen MR) is 218 cm³/mol. The lowest BCUT2D eigenvalue weighted by molar-refractivity contribution is 0.669. The van der Waals surface area contributed by atoms with E-state index in [1.54, 1.807) is 0 Å². The highest BCUT2D eigenvalue weighted by atomic mass is 16.3. The second-order valence-corrected chi connectivity index (χ2v) is 11.4. The first-order valence-electron chi connectivity index (χ1n) is 29.7. The molecule has 0 atom stereocenters. The summed E-state index contributed by atoms with van der Waals surface area (Å²) in [5.41, 5.74) is -4.94. The highest BCUT2D eigenvalue weighted by molar-refractivity contribution is 6.22. The van der Waals surface area contributed by atoms with Crippen molar-refractivity contribution in [3.05, 3.63) is 181 Å². The number of fused-ring (bicyclic) bond motifs is 9. The van der Waals surface area contributed by atoms with Gasteiger partial charge in [-0.25, -0.2) is 0 Å². The fraction of sp³-hybridized carbons (Fsp3) is 0. The van der Waals surface area contributed by atoms with Crippen LogP contribution in [0, 0.1) is 0 Å². The summed E-state index contributed by atoms with van der Waals surface area (Å²) >= 11 is 0. The lowest BCUT2D eigenvalue weighted by Gasteiger charge is -2.18. The fourth-order valence-corrected chi connectivity index (χ4v) is 6.33. The summed E-state index contributed by atoms with van der Waals surface area (Å²) in [6.07, 6.45) is 0. The molecule has 0 radical (unpaired) electrons. The minimum Gasteiger partial charge on any atom is -0.456 e. The molecule has 0 aliphatic heterocycles. The number of rotatable bonds is 3. The second kappa shape index (κ2) is 10.9. The van der Waals surface area contributed by atoms with Gasteiger partial charge in [0.25, 0.3) is 0 Å². The molecule has 11 aromatic rings. The van der Waals surface area contributed by atoms with Crippen LogP contribution in [-0.2, 0) is 0 Å². The van der Waals surface area contributed by atoms with Crippen LogP contribution in [0.4, 0.5) is 0 Å². The molecule has 0 N–H and O–H groups in total. The molecule has 0 aliphatic rings. The molecular weight excluding hydrogens is 617 g/mol. The zero-order chi connectivity index (χ0) is 58.7. The summed E-state index contributed by atoms with van der Waals surface area (Å²) in [6.45, 7) is 0. The molecule has 10 aromatic carbocycles. The quantitative estimate of drug-likeness (QED) is 0.170. The summed E-state index contributed by atoms with van der Waals surface area (Å²) in [5.74, 6) is 0. The highest BCUT2D eigenvalue weighted by Gasteiger charge is 2.17. The van der Waals surface area contributed by atoms with Crippen molar-refractivity contribution in [2.45, 2.75) is 0 Å². The van der Waals surface area contributed by atoms with Gasteiger partial charge in [-0.05, 0) is 124 Å². The van der Waals surface area contributed by atoms with Crippen LogP contribution in [0.2, 0.25) is 0 Å². The molecule has 1 heteroatoms. The lowest BCUT2D eigenvalue weighted by Crippen LogP contribution is -1.91. The average molecular weight is 676 g/mol. The summed E-state index contributed by atoms with van der Waals surface area (Å²) in [7, 11) is 0. The van der Waals surface area contributed by atoms with Crippen molar-refractivity contribution in [2.75, 3.05) is 0 Å². The van der Waals surface area contributed by atoms with Gasteiger partial charge in [-0.1, -0.05) is 145 Å². The molecule has 0 bridgehead atoms. The maximum atomic E-state index is 9.83. The topological polar surface area (TPSA) is 13.1 Å². The first-order chi connectivity index (χ1) is 37.4. The van der Waals surface area contributed by atoms with Gasteiger partial charge in [0.15, 0.2) is 0 Å². The molecular formula is C50H30O. The average Bonchev–Trinajstić information content (AvgIpc) is 3.52. The third kappa shape index (κ3) is 4.35. The Kier molecular flexibility index (Phi) is 2.56. The maximum Gasteiger partial charge on any atom is 0.136 e. The Hall–Kier alpha value is -6.70. The molecule has 236 valence electrons. The largest absolute Gasteiger partial charge is 0.456 e. The number of benzene rings is 10. The van der Waals surface area contributed by atoms with Gasteiger partial charge in [0.1, 0.15) is 11.2 Å². The first kappa shape index (κ1) is 12.0. The van der Waals surface area contributed by atoms with Gasteiger partial charge in [0.05, 0.1) is 39.8 Å². The molecule has 0 aliphatic carbocycles. The monoisotopic (exact) mass is 675 g/mol. The van der Waals surface area contributed by atoms with Crippen LogP contribution in [0.15, 0.2) is 186 Å². The molecule has 51 heavy (non-hydrogen) atoms. The molecule has 0 unspecified atom stereocenters. The van der Waals surface area contributed by atoms with E-state index < -0.39 is 263 Å². The fourth-order valence-electron chi connectivity index (χ4n) is 6.33. The Morgan fingerprint density at radius 3 is 1.39 bits per heavy atom. The van der Waals surface area contributed by atoms with Gasteiger partial charge in [-0.3, -0.25) is 0 Å². The smallest absolute Gasteiger partial charge is 0.136 e. The Labute approximate surface area is 335 Å². The van der Waals surface area contributed by atoms with Crippen LogP contribution in [0.25, 0.3) is 109 Å². The van der Waals surface area contributed by atoms with Crippen molar-refractivity contribution in [2.24, 2.45) is 0 Å². The van der Waals surface area contributed by atoms with Gasteiger partial charge in [0, 0.05) is 10.8 Å². The molecule has 0 fully saturated rings. The van der Waals surface area contributed by atoms with Gasteiger partial charge >= 0.3 is 0 Å². The van der Waals surface area contributed by atoms with Gasteiger partial charge in [-0.2, -0.15) is 0 Å². The van der Waals surface area contributed by atoms with Crippen molar-refractivity contribution in [1.82, 2.24) is 0 Å². The molecule has 0 amide bonds. The molecule has 1 heterocycles. The van der Waals surface area contributed by atoms with Crippen LogP contribution < -0.4 is 0 Å². The summed E-state index contributed by atoms with van der Waals surface area (Å²) in [5, 5.41) is -6.58. The van der Waals surface area contributed by atoms with Crippen LogP contribution >= 0.6 is 0 Å². The van der Waals surface area contributed by atoms with E-state index in [0.29, 0.717) is 0 Å². The minimum atomic E-state index is -1.05. The Morgan fingerprint density at radius 1 is 0.314 bits per heavy atom. The Bertz CT molecular complexity index is 4790. The number of furan rings is 1. The van der Waals surface area contributed by atoms with Crippen LogP contribution in [0.3, 0.4) is 0 Å². The molecule has 0 spiro atoms. The lowest BCUT2D eigenvalue weighted by atomic mass is 9.85. The second-order valence-electron chi connectivity index (χ2n) is 11.4. The highest BCUT2D eigenvalue weighted by Crippen LogP contribution is 2.45. The Balaban J connectivity index is 1.31. The number of hydrogen-bond acceptors (Lipinski definition) is 1. The van der Waals surface area contributed by atoms with Crippen molar-refractivity contribution < 1.29 is 44.2 Å². The normalized spacial score (nSPS) is 19.9. The number of hydrogen-bond donors (Lipinski definition) is 0. The van der Waals surface area contributed by atoms with Crippen molar-refractivity contribution in [3.63, 3.8) is 0 Å². The molecule has 0 saturated heterocycles. The van der Waals surface area contributed by atoms with Gasteiger partial charge in [0.2, 0.25) is 0 Å². The molecule has 0 saturated carbocycles. The third-order valence-electron chi connectivity index (χ3n) is 8.55. The van der Waals surface area contributed by atoms with E-state index >= 15 is 0 Å². The summed E-state index contributed by atoms with van der Waals surface area (Å²) in [4.78, 5) is 0. The van der Waals surface area contributed by atoms with Crippen LogP contribution in [0.1, 0.15) is 39.8 Å². The standard InChI is InChI=1S/C50H30O/c1-2-11-33-28-38(21-17-31(33)9-1)48-41-13-5-7-15-43(41)49(44-16-8-6-14-42(44)48)39-22-20-34-27-35(18-19-36(34)29-39)37-24-25-46-45(30-37)50-40-12-4-3-10-32(40)23-26-47(50)51-46/h1-30H/i1D,2D,3D,4D,5D,6D,7D,8D,9D,10D,11D,12D,13D,14D,15D,16D,17D,18D,19D,20D,21D,22D,23D,24D,25D,26D,27D,28D,29D. The van der Waals surface area contributed by atoms with Crippen LogP contribution in [-0.4, -0.2) is 0 Å². The van der Waals surface area contributed by atoms with E-state index in [2.05, 4.69) is 0 Å². The molecule has 1 aromatic heterocycles. The van der Waals surface area contributed by atoms with E-state index in [1.165, 1.54) is 0 Å². The van der Waals surface area contributed by atoms with Crippen molar-refractivity contribution in [1.29, 1.82) is 0 Å². The zero-order valence-electron chi connectivity index (χ0n) is 54.5. The minimum absolute atomic E-state index is 0.174. The summed E-state index contributed by atoms with van der Waals surface area (Å²) < 4.78 is 268. The van der Waals surface area contributed by atoms with Crippen molar-refractivity contribution in [3.8, 4) is 33.4 Å². The van der Waals surface area contributed by atoms with Gasteiger partial charge in [-0.15, -0.1) is 0 Å². The zero-order valence-corrected chi connectivity index (χ0v) is 25.5. The first-order valence-corrected chi connectivity index (χ1v) is 15.2. The van der Waals surface area contributed by atoms with Crippen LogP contribution in [0.5, 0.6) is 0 Å². The Morgan fingerprint density at radius 2 is 0.745 bits per heavy atom. The van der Waals surface area contributed by atoms with E-state index in [9.17, 15) is 16.4 Å². The summed E-state index contributed by atoms with van der Waals surface area (Å²) in [6, 6.07) is -24.2.